The molecule has 1 aliphatic heterocycles. The van der Waals surface area contributed by atoms with Gasteiger partial charge in [0.05, 0.1) is 22.9 Å². The second kappa shape index (κ2) is 9.14. The van der Waals surface area contributed by atoms with Gasteiger partial charge in [0.15, 0.2) is 0 Å². The molecule has 1 saturated carbocycles. The van der Waals surface area contributed by atoms with E-state index in [-0.39, 0.29) is 22.7 Å². The number of anilines is 2. The first-order valence-electron chi connectivity index (χ1n) is 11.3. The van der Waals surface area contributed by atoms with Crippen LogP contribution in [0.2, 0.25) is 5.02 Å². The molecule has 2 aromatic carbocycles. The van der Waals surface area contributed by atoms with Crippen LogP contribution >= 0.6 is 11.6 Å². The highest BCUT2D eigenvalue weighted by atomic mass is 35.5. The van der Waals surface area contributed by atoms with Crippen molar-refractivity contribution in [2.24, 2.45) is 0 Å². The van der Waals surface area contributed by atoms with Crippen LogP contribution < -0.4 is 14.8 Å². The van der Waals surface area contributed by atoms with E-state index in [0.717, 1.165) is 49.8 Å². The second-order valence-corrected chi connectivity index (χ2v) is 10.9. The van der Waals surface area contributed by atoms with Crippen LogP contribution in [0.25, 0.3) is 0 Å². The average molecular weight is 495 g/mol. The van der Waals surface area contributed by atoms with Crippen LogP contribution in [0.1, 0.15) is 64.4 Å². The molecule has 2 aliphatic rings. The molecule has 0 unspecified atom stereocenters. The molecule has 1 heterocycles. The molecule has 1 amide bonds. The summed E-state index contributed by atoms with van der Waals surface area (Å²) in [4.78, 5) is 12.3. The number of carbonyl (C=O) groups is 1. The fourth-order valence-electron chi connectivity index (χ4n) is 4.64. The van der Waals surface area contributed by atoms with E-state index in [2.05, 4.69) is 23.9 Å². The highest BCUT2D eigenvalue weighted by Crippen LogP contribution is 2.54. The monoisotopic (exact) mass is 494 g/mol. The summed E-state index contributed by atoms with van der Waals surface area (Å²) in [6, 6.07) is 6.64. The Bertz CT molecular complexity index is 1180. The van der Waals surface area contributed by atoms with Crippen molar-refractivity contribution in [1.82, 2.24) is 0 Å². The summed E-state index contributed by atoms with van der Waals surface area (Å²) in [6.07, 6.45) is 5.81. The Kier molecular flexibility index (Phi) is 6.60. The first-order valence-corrected chi connectivity index (χ1v) is 13.2. The quantitative estimate of drug-likeness (QED) is 0.447. The molecule has 2 aromatic rings. The normalized spacial score (nSPS) is 16.5. The van der Waals surface area contributed by atoms with Gasteiger partial charge in [-0.2, -0.15) is 0 Å². The SMILES string of the molecule is CCCC(CCC)Oc1cc(NS(=O)(=O)c2ccc(Cl)cc2F)cc2c1NC(=O)C21CCC1. The number of nitrogens with one attached hydrogen (secondary N) is 2. The number of sulfonamides is 1. The lowest BCUT2D eigenvalue weighted by atomic mass is 9.65. The van der Waals surface area contributed by atoms with E-state index in [1.807, 2.05) is 0 Å². The topological polar surface area (TPSA) is 84.5 Å². The third kappa shape index (κ3) is 4.43. The van der Waals surface area contributed by atoms with Crippen molar-refractivity contribution in [3.63, 3.8) is 0 Å². The fourth-order valence-corrected chi connectivity index (χ4v) is 5.90. The van der Waals surface area contributed by atoms with Crippen molar-refractivity contribution in [2.75, 3.05) is 10.0 Å². The van der Waals surface area contributed by atoms with E-state index >= 15 is 0 Å². The van der Waals surface area contributed by atoms with Crippen molar-refractivity contribution >= 4 is 38.9 Å². The Morgan fingerprint density at radius 1 is 1.18 bits per heavy atom. The summed E-state index contributed by atoms with van der Waals surface area (Å²) >= 11 is 5.77. The summed E-state index contributed by atoms with van der Waals surface area (Å²) in [5, 5.41) is 3.08. The number of halogens is 2. The molecule has 1 spiro atoms. The predicted molar refractivity (Wildman–Crippen MR) is 127 cm³/mol. The van der Waals surface area contributed by atoms with Crippen LogP contribution in [-0.4, -0.2) is 20.4 Å². The van der Waals surface area contributed by atoms with Gasteiger partial charge in [0.2, 0.25) is 5.91 Å². The number of hydrogen-bond donors (Lipinski definition) is 2. The molecule has 6 nitrogen and oxygen atoms in total. The van der Waals surface area contributed by atoms with Crippen LogP contribution in [0.3, 0.4) is 0 Å². The molecular formula is C24H28ClFN2O4S. The number of rotatable bonds is 9. The Morgan fingerprint density at radius 2 is 1.88 bits per heavy atom. The van der Waals surface area contributed by atoms with Crippen LogP contribution in [0.5, 0.6) is 5.75 Å². The molecule has 0 aromatic heterocycles. The van der Waals surface area contributed by atoms with E-state index in [4.69, 9.17) is 16.3 Å². The number of amides is 1. The number of ether oxygens (including phenoxy) is 1. The zero-order chi connectivity index (χ0) is 23.8. The van der Waals surface area contributed by atoms with Gasteiger partial charge in [-0.15, -0.1) is 0 Å². The maximum Gasteiger partial charge on any atom is 0.264 e. The van der Waals surface area contributed by atoms with Crippen LogP contribution in [-0.2, 0) is 20.2 Å². The number of carbonyl (C=O) groups excluding carboxylic acids is 1. The maximum absolute atomic E-state index is 14.3. The molecule has 0 bridgehead atoms. The highest BCUT2D eigenvalue weighted by molar-refractivity contribution is 7.92. The lowest BCUT2D eigenvalue weighted by molar-refractivity contribution is -0.123. The van der Waals surface area contributed by atoms with Gasteiger partial charge in [-0.3, -0.25) is 9.52 Å². The number of benzene rings is 2. The third-order valence-electron chi connectivity index (χ3n) is 6.45. The van der Waals surface area contributed by atoms with Gasteiger partial charge >= 0.3 is 0 Å². The first kappa shape index (κ1) is 23.8. The van der Waals surface area contributed by atoms with Gasteiger partial charge in [-0.25, -0.2) is 12.8 Å². The molecule has 1 aliphatic carbocycles. The summed E-state index contributed by atoms with van der Waals surface area (Å²) in [7, 11) is -4.23. The highest BCUT2D eigenvalue weighted by Gasteiger charge is 2.52. The Morgan fingerprint density at radius 3 is 2.45 bits per heavy atom. The smallest absolute Gasteiger partial charge is 0.264 e. The largest absolute Gasteiger partial charge is 0.488 e. The van der Waals surface area contributed by atoms with Gasteiger partial charge in [0, 0.05) is 11.1 Å². The summed E-state index contributed by atoms with van der Waals surface area (Å²) in [5.74, 6) is -0.586. The first-order chi connectivity index (χ1) is 15.7. The second-order valence-electron chi connectivity index (χ2n) is 8.78. The minimum atomic E-state index is -4.23. The van der Waals surface area contributed by atoms with Gasteiger partial charge in [-0.05, 0) is 55.5 Å². The number of fused-ring (bicyclic) bond motifs is 2. The van der Waals surface area contributed by atoms with E-state index in [1.54, 1.807) is 12.1 Å². The molecule has 1 fully saturated rings. The predicted octanol–water partition coefficient (Wildman–Crippen LogP) is 6.00. The standard InChI is InChI=1S/C24H28ClFN2O4S/c1-3-6-17(7-4-2)32-20-14-16(13-18-22(20)27-23(29)24(18)10-5-11-24)28-33(30,31)21-9-8-15(25)12-19(21)26/h8-9,12-14,17,28H,3-7,10-11H2,1-2H3,(H,27,29). The maximum atomic E-state index is 14.3. The van der Waals surface area contributed by atoms with Gasteiger partial charge < -0.3 is 10.1 Å². The summed E-state index contributed by atoms with van der Waals surface area (Å²) < 4.78 is 49.1. The van der Waals surface area contributed by atoms with Crippen molar-refractivity contribution in [1.29, 1.82) is 0 Å². The van der Waals surface area contributed by atoms with E-state index in [9.17, 15) is 17.6 Å². The molecule has 0 atom stereocenters. The van der Waals surface area contributed by atoms with E-state index in [0.29, 0.717) is 24.3 Å². The minimum Gasteiger partial charge on any atom is -0.488 e. The molecule has 9 heteroatoms. The minimum absolute atomic E-state index is 0.0560. The van der Waals surface area contributed by atoms with Crippen molar-refractivity contribution < 1.29 is 22.3 Å². The van der Waals surface area contributed by atoms with Crippen LogP contribution in [0, 0.1) is 5.82 Å². The molecular weight excluding hydrogens is 467 g/mol. The fraction of sp³-hybridized carbons (Fsp3) is 0.458. The van der Waals surface area contributed by atoms with E-state index in [1.165, 1.54) is 6.07 Å². The molecule has 0 saturated heterocycles. The lowest BCUT2D eigenvalue weighted by Crippen LogP contribution is -2.40. The third-order valence-corrected chi connectivity index (χ3v) is 8.10. The van der Waals surface area contributed by atoms with Crippen molar-refractivity contribution in [2.45, 2.75) is 75.2 Å². The van der Waals surface area contributed by atoms with Crippen molar-refractivity contribution in [3.05, 3.63) is 46.7 Å². The molecule has 33 heavy (non-hydrogen) atoms. The molecule has 0 radical (unpaired) electrons. The molecule has 178 valence electrons. The van der Waals surface area contributed by atoms with E-state index < -0.39 is 26.2 Å². The molecule has 2 N–H and O–H groups in total. The van der Waals surface area contributed by atoms with Crippen LogP contribution in [0.4, 0.5) is 15.8 Å². The lowest BCUT2D eigenvalue weighted by Gasteiger charge is -2.36. The zero-order valence-corrected chi connectivity index (χ0v) is 20.3. The Balaban J connectivity index is 1.75. The van der Waals surface area contributed by atoms with Crippen molar-refractivity contribution in [3.8, 4) is 5.75 Å². The average Bonchev–Trinajstić information content (AvgIpc) is 3.00. The summed E-state index contributed by atoms with van der Waals surface area (Å²) in [6.45, 7) is 4.15. The number of hydrogen-bond acceptors (Lipinski definition) is 4. The summed E-state index contributed by atoms with van der Waals surface area (Å²) in [5.41, 5.74) is 0.910. The Hall–Kier alpha value is -2.32. The van der Waals surface area contributed by atoms with Gasteiger partial charge in [0.25, 0.3) is 10.0 Å². The van der Waals surface area contributed by atoms with Gasteiger partial charge in [0.1, 0.15) is 16.5 Å². The van der Waals surface area contributed by atoms with Crippen LogP contribution in [0.15, 0.2) is 35.2 Å². The Labute approximate surface area is 198 Å². The molecule has 4 rings (SSSR count). The zero-order valence-electron chi connectivity index (χ0n) is 18.7. The van der Waals surface area contributed by atoms with Gasteiger partial charge in [-0.1, -0.05) is 44.7 Å².